The van der Waals surface area contributed by atoms with Crippen LogP contribution in [0.25, 0.3) is 5.57 Å². The van der Waals surface area contributed by atoms with Crippen LogP contribution in [0.15, 0.2) is 30.0 Å². The fourth-order valence-electron chi connectivity index (χ4n) is 2.87. The predicted octanol–water partition coefficient (Wildman–Crippen LogP) is 5.79. The minimum atomic E-state index is -4.38. The van der Waals surface area contributed by atoms with E-state index in [9.17, 15) is 26.3 Å². The minimum absolute atomic E-state index is 0.0509. The second-order valence-corrected chi connectivity index (χ2v) is 10.1. The minimum Gasteiger partial charge on any atom is -0.399 e. The van der Waals surface area contributed by atoms with Gasteiger partial charge in [-0.1, -0.05) is 13.2 Å². The van der Waals surface area contributed by atoms with E-state index in [0.717, 1.165) is 11.2 Å². The first-order chi connectivity index (χ1) is 16.0. The summed E-state index contributed by atoms with van der Waals surface area (Å²) < 4.78 is 83.8. The van der Waals surface area contributed by atoms with Gasteiger partial charge in [-0.2, -0.15) is 36.5 Å². The Kier molecular flexibility index (Phi) is 9.89. The van der Waals surface area contributed by atoms with Crippen LogP contribution in [0, 0.1) is 13.8 Å². The highest BCUT2D eigenvalue weighted by Gasteiger charge is 2.52. The normalized spacial score (nSPS) is 16.6. The summed E-state index contributed by atoms with van der Waals surface area (Å²) in [5.74, 6) is 0. The third kappa shape index (κ3) is 8.24. The molecule has 2 aromatic rings. The number of hydrogen-bond donors (Lipinski definition) is 0. The monoisotopic (exact) mass is 586 g/mol. The van der Waals surface area contributed by atoms with Gasteiger partial charge < -0.3 is 9.31 Å². The molecule has 1 saturated heterocycles. The fraction of sp³-hybridized carbons (Fsp3) is 0.545. The van der Waals surface area contributed by atoms with Crippen molar-refractivity contribution >= 4 is 34.1 Å². The van der Waals surface area contributed by atoms with Crippen molar-refractivity contribution in [2.24, 2.45) is 14.1 Å². The largest absolute Gasteiger partial charge is 0.498 e. The Labute approximate surface area is 215 Å². The van der Waals surface area contributed by atoms with E-state index in [1.807, 2.05) is 20.2 Å². The Morgan fingerprint density at radius 2 is 1.25 bits per heavy atom. The van der Waals surface area contributed by atoms with Gasteiger partial charge in [0.2, 0.25) is 0 Å². The molecule has 14 heteroatoms. The van der Waals surface area contributed by atoms with Gasteiger partial charge in [-0.25, -0.2) is 0 Å². The number of rotatable bonds is 2. The van der Waals surface area contributed by atoms with Crippen LogP contribution >= 0.6 is 15.9 Å². The Morgan fingerprint density at radius 3 is 1.53 bits per heavy atom. The maximum absolute atomic E-state index is 12.2. The average Bonchev–Trinajstić information content (AvgIpc) is 3.25. The highest BCUT2D eigenvalue weighted by molar-refractivity contribution is 9.11. The summed E-state index contributed by atoms with van der Waals surface area (Å²) in [6.07, 6.45) is -5.39. The first-order valence-corrected chi connectivity index (χ1v) is 11.3. The molecule has 0 N–H and O–H groups in total. The van der Waals surface area contributed by atoms with Gasteiger partial charge >= 0.3 is 19.5 Å². The molecule has 0 amide bonds. The van der Waals surface area contributed by atoms with Crippen molar-refractivity contribution in [2.45, 2.75) is 65.1 Å². The molecule has 0 spiro atoms. The van der Waals surface area contributed by atoms with Crippen molar-refractivity contribution in [1.29, 1.82) is 0 Å². The summed E-state index contributed by atoms with van der Waals surface area (Å²) in [5.41, 5.74) is 0.931. The van der Waals surface area contributed by atoms with E-state index in [1.165, 1.54) is 17.8 Å². The number of alkyl halides is 6. The number of hydrogen-bond acceptors (Lipinski definition) is 4. The fourth-order valence-corrected chi connectivity index (χ4v) is 2.87. The molecule has 1 aliphatic heterocycles. The van der Waals surface area contributed by atoms with Crippen LogP contribution in [-0.4, -0.2) is 50.2 Å². The van der Waals surface area contributed by atoms with Crippen LogP contribution in [0.4, 0.5) is 26.3 Å². The van der Waals surface area contributed by atoms with Gasteiger partial charge in [0.15, 0.2) is 0 Å². The van der Waals surface area contributed by atoms with Crippen LogP contribution in [0.2, 0.25) is 0 Å². The molecule has 0 aliphatic carbocycles. The molecule has 202 valence electrons. The van der Waals surface area contributed by atoms with Gasteiger partial charge in [-0.3, -0.25) is 9.36 Å². The van der Waals surface area contributed by atoms with E-state index in [0.29, 0.717) is 5.69 Å². The number of aromatic nitrogens is 4. The lowest BCUT2D eigenvalue weighted by Crippen LogP contribution is -2.41. The molecule has 1 fully saturated rings. The second-order valence-electron chi connectivity index (χ2n) is 9.11. The summed E-state index contributed by atoms with van der Waals surface area (Å²) in [6.45, 7) is 17.3. The van der Waals surface area contributed by atoms with Crippen LogP contribution in [0.5, 0.6) is 0 Å². The first kappa shape index (κ1) is 32.0. The van der Waals surface area contributed by atoms with E-state index in [-0.39, 0.29) is 23.9 Å². The van der Waals surface area contributed by atoms with Gasteiger partial charge in [0.1, 0.15) is 0 Å². The molecule has 3 rings (SSSR count). The van der Waals surface area contributed by atoms with Gasteiger partial charge in [-0.05, 0) is 57.5 Å². The van der Waals surface area contributed by atoms with Crippen molar-refractivity contribution in [3.8, 4) is 0 Å². The average molecular weight is 587 g/mol. The highest BCUT2D eigenvalue weighted by Crippen LogP contribution is 2.36. The Morgan fingerprint density at radius 1 is 0.861 bits per heavy atom. The van der Waals surface area contributed by atoms with Crippen LogP contribution in [-0.2, 0) is 23.4 Å². The van der Waals surface area contributed by atoms with Crippen molar-refractivity contribution in [1.82, 2.24) is 19.6 Å². The molecular formula is C22H30BBrF6N4O2. The van der Waals surface area contributed by atoms with Gasteiger partial charge in [0, 0.05) is 37.5 Å². The second kappa shape index (κ2) is 11.1. The van der Waals surface area contributed by atoms with E-state index in [1.54, 1.807) is 11.7 Å². The zero-order chi connectivity index (χ0) is 28.4. The lowest BCUT2D eigenvalue weighted by Gasteiger charge is -2.32. The third-order valence-corrected chi connectivity index (χ3v) is 6.00. The molecule has 0 saturated carbocycles. The molecule has 6 nitrogen and oxygen atoms in total. The summed E-state index contributed by atoms with van der Waals surface area (Å²) in [6, 6.07) is 0. The van der Waals surface area contributed by atoms with Crippen LogP contribution in [0.3, 0.4) is 0 Å². The SMILES string of the molecule is C=C(Br)C(F)(F)F.C=C(c1cn(C)nc1C)C(F)(F)F.Cc1nn(C)cc1B1OC(C)(C)C(C)(C)O1. The topological polar surface area (TPSA) is 54.1 Å². The first-order valence-electron chi connectivity index (χ1n) is 10.5. The summed E-state index contributed by atoms with van der Waals surface area (Å²) in [7, 11) is 3.17. The van der Waals surface area contributed by atoms with Gasteiger partial charge in [0.25, 0.3) is 0 Å². The molecule has 0 unspecified atom stereocenters. The summed E-state index contributed by atoms with van der Waals surface area (Å²) in [5, 5.41) is 8.11. The molecule has 36 heavy (non-hydrogen) atoms. The van der Waals surface area contributed by atoms with Crippen LogP contribution < -0.4 is 5.46 Å². The maximum atomic E-state index is 12.2. The lowest BCUT2D eigenvalue weighted by molar-refractivity contribution is -0.0825. The van der Waals surface area contributed by atoms with Gasteiger partial charge in [-0.15, -0.1) is 0 Å². The lowest BCUT2D eigenvalue weighted by atomic mass is 9.79. The number of aryl methyl sites for hydroxylation is 4. The van der Waals surface area contributed by atoms with Crippen molar-refractivity contribution < 1.29 is 35.7 Å². The molecule has 1 aliphatic rings. The standard InChI is InChI=1S/C11H19BN2O2.C8H9F3N2.C3H2BrF3/c1-8-9(7-14(6)13-8)12-15-10(2,3)11(4,5)16-12;1-5(8(9,10)11)7-4-13(3)12-6(7)2;1-2(4)3(5,6)7/h7H,1-6H3;4H,1H2,2-3H3;1H2. The Hall–Kier alpha value is -2.06. The molecule has 2 aromatic heterocycles. The Bertz CT molecular complexity index is 1070. The van der Waals surface area contributed by atoms with Crippen LogP contribution in [0.1, 0.15) is 44.6 Å². The van der Waals surface area contributed by atoms with E-state index >= 15 is 0 Å². The molecule has 0 aromatic carbocycles. The zero-order valence-electron chi connectivity index (χ0n) is 21.4. The van der Waals surface area contributed by atoms with E-state index < -0.39 is 22.4 Å². The summed E-state index contributed by atoms with van der Waals surface area (Å²) in [4.78, 5) is 0. The van der Waals surface area contributed by atoms with Crippen molar-refractivity contribution in [3.05, 3.63) is 47.0 Å². The summed E-state index contributed by atoms with van der Waals surface area (Å²) >= 11 is 2.18. The maximum Gasteiger partial charge on any atom is 0.498 e. The quantitative estimate of drug-likeness (QED) is 0.330. The zero-order valence-corrected chi connectivity index (χ0v) is 23.0. The highest BCUT2D eigenvalue weighted by atomic mass is 79.9. The third-order valence-electron chi connectivity index (χ3n) is 5.55. The molecule has 0 radical (unpaired) electrons. The predicted molar refractivity (Wildman–Crippen MR) is 131 cm³/mol. The number of nitrogens with zero attached hydrogens (tertiary/aromatic N) is 4. The Balaban J connectivity index is 0.000000292. The molecular weight excluding hydrogens is 557 g/mol. The van der Waals surface area contributed by atoms with E-state index in [4.69, 9.17) is 9.31 Å². The van der Waals surface area contributed by atoms with Crippen molar-refractivity contribution in [3.63, 3.8) is 0 Å². The smallest absolute Gasteiger partial charge is 0.399 e. The number of allylic oxidation sites excluding steroid dienone is 2. The van der Waals surface area contributed by atoms with Crippen molar-refractivity contribution in [2.75, 3.05) is 0 Å². The molecule has 0 atom stereocenters. The van der Waals surface area contributed by atoms with Gasteiger partial charge in [0.05, 0.1) is 32.6 Å². The number of halogens is 7. The van der Waals surface area contributed by atoms with E-state index in [2.05, 4.69) is 67.0 Å². The molecule has 3 heterocycles. The molecule has 0 bridgehead atoms.